The SMILES string of the molecule is COC(=O)[C@H]1[C@@H]2COc3ccccc3[C@H]2N[C@H]1C(=O)OC(C)(C)C. The second-order valence-corrected chi connectivity index (χ2v) is 7.22. The minimum Gasteiger partial charge on any atom is -0.493 e. The summed E-state index contributed by atoms with van der Waals surface area (Å²) >= 11 is 0. The average Bonchev–Trinajstić information content (AvgIpc) is 2.92. The van der Waals surface area contributed by atoms with E-state index in [1.807, 2.05) is 24.3 Å². The predicted molar refractivity (Wildman–Crippen MR) is 86.4 cm³/mol. The van der Waals surface area contributed by atoms with Crippen LogP contribution in [0.1, 0.15) is 32.4 Å². The van der Waals surface area contributed by atoms with Crippen molar-refractivity contribution in [3.8, 4) is 5.75 Å². The van der Waals surface area contributed by atoms with E-state index in [1.165, 1.54) is 7.11 Å². The van der Waals surface area contributed by atoms with Gasteiger partial charge < -0.3 is 14.2 Å². The Morgan fingerprint density at radius 3 is 2.58 bits per heavy atom. The number of methoxy groups -OCH3 is 1. The smallest absolute Gasteiger partial charge is 0.324 e. The normalized spacial score (nSPS) is 28.3. The zero-order chi connectivity index (χ0) is 17.5. The Labute approximate surface area is 141 Å². The number of esters is 2. The molecule has 2 aliphatic heterocycles. The van der Waals surface area contributed by atoms with Crippen LogP contribution in [0.3, 0.4) is 0 Å². The van der Waals surface area contributed by atoms with Gasteiger partial charge in [0.25, 0.3) is 0 Å². The van der Waals surface area contributed by atoms with Gasteiger partial charge in [0.15, 0.2) is 0 Å². The van der Waals surface area contributed by atoms with Crippen LogP contribution in [-0.4, -0.2) is 37.3 Å². The van der Waals surface area contributed by atoms with Crippen LogP contribution in [-0.2, 0) is 19.1 Å². The zero-order valence-corrected chi connectivity index (χ0v) is 14.4. The number of ether oxygens (including phenoxy) is 3. The van der Waals surface area contributed by atoms with Crippen LogP contribution in [0, 0.1) is 11.8 Å². The lowest BCUT2D eigenvalue weighted by atomic mass is 9.83. The van der Waals surface area contributed by atoms with Gasteiger partial charge in [-0.3, -0.25) is 14.9 Å². The Bertz CT molecular complexity index is 651. The van der Waals surface area contributed by atoms with Crippen molar-refractivity contribution in [2.45, 2.75) is 38.5 Å². The van der Waals surface area contributed by atoms with Gasteiger partial charge in [-0.1, -0.05) is 18.2 Å². The van der Waals surface area contributed by atoms with Crippen LogP contribution in [0.4, 0.5) is 0 Å². The first-order valence-electron chi connectivity index (χ1n) is 8.10. The fraction of sp³-hybridized carbons (Fsp3) is 0.556. The van der Waals surface area contributed by atoms with Gasteiger partial charge in [-0.15, -0.1) is 0 Å². The summed E-state index contributed by atoms with van der Waals surface area (Å²) in [6.45, 7) is 5.77. The molecule has 0 radical (unpaired) electrons. The Morgan fingerprint density at radius 2 is 1.92 bits per heavy atom. The van der Waals surface area contributed by atoms with E-state index in [4.69, 9.17) is 14.2 Å². The van der Waals surface area contributed by atoms with Crippen molar-refractivity contribution in [1.82, 2.24) is 5.32 Å². The third-order valence-electron chi connectivity index (χ3n) is 4.43. The predicted octanol–water partition coefficient (Wildman–Crippen LogP) is 1.84. The number of carbonyl (C=O) groups excluding carboxylic acids is 2. The Kier molecular flexibility index (Phi) is 4.25. The van der Waals surface area contributed by atoms with Gasteiger partial charge in [0.05, 0.1) is 19.6 Å². The van der Waals surface area contributed by atoms with E-state index in [9.17, 15) is 9.59 Å². The van der Waals surface area contributed by atoms with Gasteiger partial charge in [-0.25, -0.2) is 0 Å². The molecule has 1 aromatic rings. The average molecular weight is 333 g/mol. The fourth-order valence-corrected chi connectivity index (χ4v) is 3.48. The van der Waals surface area contributed by atoms with Crippen LogP contribution in [0.15, 0.2) is 24.3 Å². The van der Waals surface area contributed by atoms with Crippen LogP contribution in [0.5, 0.6) is 5.75 Å². The maximum atomic E-state index is 12.6. The fourth-order valence-electron chi connectivity index (χ4n) is 3.48. The van der Waals surface area contributed by atoms with Crippen LogP contribution in [0.2, 0.25) is 0 Å². The molecule has 0 amide bonds. The third kappa shape index (κ3) is 2.98. The Balaban J connectivity index is 1.93. The van der Waals surface area contributed by atoms with Crippen molar-refractivity contribution >= 4 is 11.9 Å². The molecule has 2 aliphatic rings. The molecule has 0 unspecified atom stereocenters. The number of rotatable bonds is 2. The highest BCUT2D eigenvalue weighted by Gasteiger charge is 2.54. The van der Waals surface area contributed by atoms with E-state index in [1.54, 1.807) is 20.8 Å². The van der Waals surface area contributed by atoms with Crippen molar-refractivity contribution in [3.63, 3.8) is 0 Å². The minimum absolute atomic E-state index is 0.142. The number of nitrogens with one attached hydrogen (secondary N) is 1. The zero-order valence-electron chi connectivity index (χ0n) is 14.4. The molecule has 0 aromatic heterocycles. The van der Waals surface area contributed by atoms with Crippen LogP contribution < -0.4 is 10.1 Å². The number of para-hydroxylation sites is 1. The molecule has 0 spiro atoms. The molecule has 2 heterocycles. The molecule has 1 fully saturated rings. The van der Waals surface area contributed by atoms with E-state index in [0.717, 1.165) is 11.3 Å². The lowest BCUT2D eigenvalue weighted by molar-refractivity contribution is -0.163. The molecule has 1 N–H and O–H groups in total. The summed E-state index contributed by atoms with van der Waals surface area (Å²) in [6, 6.07) is 6.77. The second kappa shape index (κ2) is 6.09. The monoisotopic (exact) mass is 333 g/mol. The van der Waals surface area contributed by atoms with Gasteiger partial charge in [-0.05, 0) is 26.8 Å². The minimum atomic E-state index is -0.749. The summed E-state index contributed by atoms with van der Waals surface area (Å²) in [7, 11) is 1.33. The van der Waals surface area contributed by atoms with Crippen LogP contribution in [0.25, 0.3) is 0 Å². The van der Waals surface area contributed by atoms with Gasteiger partial charge in [0, 0.05) is 17.5 Å². The Hall–Kier alpha value is -2.08. The molecule has 6 nitrogen and oxygen atoms in total. The maximum Gasteiger partial charge on any atom is 0.324 e. The first kappa shape index (κ1) is 16.8. The van der Waals surface area contributed by atoms with E-state index >= 15 is 0 Å². The number of hydrogen-bond donors (Lipinski definition) is 1. The molecule has 4 atom stereocenters. The van der Waals surface area contributed by atoms with Crippen molar-refractivity contribution < 1.29 is 23.8 Å². The largest absolute Gasteiger partial charge is 0.493 e. The molecule has 1 aromatic carbocycles. The Morgan fingerprint density at radius 1 is 1.21 bits per heavy atom. The van der Waals surface area contributed by atoms with Gasteiger partial charge in [-0.2, -0.15) is 0 Å². The quantitative estimate of drug-likeness (QED) is 0.833. The number of carbonyl (C=O) groups is 2. The molecule has 3 rings (SSSR count). The first-order chi connectivity index (χ1) is 11.3. The number of fused-ring (bicyclic) bond motifs is 3. The highest BCUT2D eigenvalue weighted by Crippen LogP contribution is 2.45. The first-order valence-corrected chi connectivity index (χ1v) is 8.10. The van der Waals surface area contributed by atoms with Crippen molar-refractivity contribution in [2.24, 2.45) is 11.8 Å². The topological polar surface area (TPSA) is 73.9 Å². The standard InChI is InChI=1S/C18H23NO5/c1-18(2,3)24-17(21)15-13(16(20)22-4)11-9-23-12-8-6-5-7-10(12)14(11)19-15/h5-8,11,13-15,19H,9H2,1-4H3/t11-,13-,14+,15+/m0/s1. The van der Waals surface area contributed by atoms with E-state index in [2.05, 4.69) is 5.32 Å². The van der Waals surface area contributed by atoms with E-state index < -0.39 is 29.5 Å². The molecular formula is C18H23NO5. The number of hydrogen-bond acceptors (Lipinski definition) is 6. The lowest BCUT2D eigenvalue weighted by Gasteiger charge is -2.30. The highest BCUT2D eigenvalue weighted by molar-refractivity contribution is 5.86. The van der Waals surface area contributed by atoms with Crippen LogP contribution >= 0.6 is 0 Å². The lowest BCUT2D eigenvalue weighted by Crippen LogP contribution is -2.44. The summed E-state index contributed by atoms with van der Waals surface area (Å²) in [4.78, 5) is 24.9. The molecule has 24 heavy (non-hydrogen) atoms. The van der Waals surface area contributed by atoms with Crippen molar-refractivity contribution in [1.29, 1.82) is 0 Å². The molecule has 6 heteroatoms. The van der Waals surface area contributed by atoms with E-state index in [-0.39, 0.29) is 12.0 Å². The van der Waals surface area contributed by atoms with Gasteiger partial charge in [0.1, 0.15) is 17.4 Å². The summed E-state index contributed by atoms with van der Waals surface area (Å²) in [5.41, 5.74) is 0.329. The second-order valence-electron chi connectivity index (χ2n) is 7.22. The molecule has 0 bridgehead atoms. The van der Waals surface area contributed by atoms with Crippen molar-refractivity contribution in [3.05, 3.63) is 29.8 Å². The summed E-state index contributed by atoms with van der Waals surface area (Å²) < 4.78 is 16.2. The van der Waals surface area contributed by atoms with Gasteiger partial charge in [0.2, 0.25) is 0 Å². The van der Waals surface area contributed by atoms with Gasteiger partial charge >= 0.3 is 11.9 Å². The molecule has 0 aliphatic carbocycles. The summed E-state index contributed by atoms with van der Waals surface area (Å²) in [6.07, 6.45) is 0. The maximum absolute atomic E-state index is 12.6. The third-order valence-corrected chi connectivity index (χ3v) is 4.43. The molecular weight excluding hydrogens is 310 g/mol. The summed E-state index contributed by atoms with van der Waals surface area (Å²) in [5, 5.41) is 3.28. The van der Waals surface area contributed by atoms with Crippen molar-refractivity contribution in [2.75, 3.05) is 13.7 Å². The van der Waals surface area contributed by atoms with E-state index in [0.29, 0.717) is 6.61 Å². The highest BCUT2D eigenvalue weighted by atomic mass is 16.6. The molecule has 0 saturated carbocycles. The summed E-state index contributed by atoms with van der Waals surface area (Å²) in [5.74, 6) is -0.897. The molecule has 130 valence electrons. The molecule has 1 saturated heterocycles. The number of benzene rings is 1.